The van der Waals surface area contributed by atoms with Gasteiger partial charge in [-0.25, -0.2) is 4.79 Å². The monoisotopic (exact) mass is 340 g/mol. The fourth-order valence-electron chi connectivity index (χ4n) is 2.59. The Bertz CT molecular complexity index is 779. The van der Waals surface area contributed by atoms with Gasteiger partial charge in [0, 0.05) is 5.56 Å². The van der Waals surface area contributed by atoms with E-state index in [9.17, 15) is 9.59 Å². The van der Waals surface area contributed by atoms with Crippen molar-refractivity contribution in [2.45, 2.75) is 26.4 Å². The molecule has 130 valence electrons. The number of esters is 1. The van der Waals surface area contributed by atoms with Crippen LogP contribution in [0, 0.1) is 0 Å². The third-order valence-corrected chi connectivity index (χ3v) is 4.08. The predicted molar refractivity (Wildman–Crippen MR) is 92.5 cm³/mol. The lowest BCUT2D eigenvalue weighted by atomic mass is 10.0. The Morgan fingerprint density at radius 2 is 1.64 bits per heavy atom. The molecule has 0 amide bonds. The smallest absolute Gasteiger partial charge is 0.338 e. The van der Waals surface area contributed by atoms with Gasteiger partial charge in [0.15, 0.2) is 17.6 Å². The van der Waals surface area contributed by atoms with E-state index in [1.54, 1.807) is 37.3 Å². The van der Waals surface area contributed by atoms with E-state index in [4.69, 9.17) is 14.2 Å². The van der Waals surface area contributed by atoms with Gasteiger partial charge in [-0.1, -0.05) is 31.2 Å². The van der Waals surface area contributed by atoms with Crippen LogP contribution in [0.15, 0.2) is 42.5 Å². The van der Waals surface area contributed by atoms with E-state index in [-0.39, 0.29) is 5.78 Å². The van der Waals surface area contributed by atoms with E-state index in [0.717, 1.165) is 12.0 Å². The summed E-state index contributed by atoms with van der Waals surface area (Å²) in [5.41, 5.74) is 2.00. The molecule has 5 heteroatoms. The summed E-state index contributed by atoms with van der Waals surface area (Å²) in [4.78, 5) is 24.7. The molecule has 5 nitrogen and oxygen atoms in total. The number of benzene rings is 2. The summed E-state index contributed by atoms with van der Waals surface area (Å²) in [6.07, 6.45) is 0.0384. The average Bonchev–Trinajstić information content (AvgIpc) is 2.67. The predicted octanol–water partition coefficient (Wildman–Crippen LogP) is 3.45. The zero-order chi connectivity index (χ0) is 17.8. The van der Waals surface area contributed by atoms with E-state index >= 15 is 0 Å². The van der Waals surface area contributed by atoms with Gasteiger partial charge in [-0.05, 0) is 37.1 Å². The SMILES string of the molecule is CCc1ccc(C(=O)C(C)OC(=O)c2ccc3c(c2)OCCO3)cc1. The van der Waals surface area contributed by atoms with Crippen molar-refractivity contribution < 1.29 is 23.8 Å². The molecule has 0 fully saturated rings. The highest BCUT2D eigenvalue weighted by Crippen LogP contribution is 2.31. The molecule has 2 aromatic rings. The number of carbonyl (C=O) groups is 2. The first-order valence-corrected chi connectivity index (χ1v) is 8.32. The Hall–Kier alpha value is -2.82. The number of ketones is 1. The highest BCUT2D eigenvalue weighted by atomic mass is 16.6. The summed E-state index contributed by atoms with van der Waals surface area (Å²) in [6, 6.07) is 12.2. The zero-order valence-electron chi connectivity index (χ0n) is 14.3. The molecule has 3 rings (SSSR count). The maximum Gasteiger partial charge on any atom is 0.338 e. The standard InChI is InChI=1S/C20H20O5/c1-3-14-4-6-15(7-5-14)19(21)13(2)25-20(22)16-8-9-17-18(12-16)24-11-10-23-17/h4-9,12-13H,3,10-11H2,1-2H3. The summed E-state index contributed by atoms with van der Waals surface area (Å²) in [5, 5.41) is 0. The summed E-state index contributed by atoms with van der Waals surface area (Å²) >= 11 is 0. The number of hydrogen-bond donors (Lipinski definition) is 0. The minimum Gasteiger partial charge on any atom is -0.486 e. The minimum atomic E-state index is -0.867. The minimum absolute atomic E-state index is 0.228. The molecule has 2 aromatic carbocycles. The van der Waals surface area contributed by atoms with E-state index in [1.807, 2.05) is 12.1 Å². The molecule has 0 saturated carbocycles. The number of aryl methyl sites for hydroxylation is 1. The largest absolute Gasteiger partial charge is 0.486 e. The molecule has 1 aliphatic rings. The van der Waals surface area contributed by atoms with Crippen LogP contribution in [0.5, 0.6) is 11.5 Å². The van der Waals surface area contributed by atoms with Gasteiger partial charge in [-0.15, -0.1) is 0 Å². The molecule has 1 unspecified atom stereocenters. The first-order valence-electron chi connectivity index (χ1n) is 8.32. The van der Waals surface area contributed by atoms with Gasteiger partial charge in [0.25, 0.3) is 0 Å². The lowest BCUT2D eigenvalue weighted by Crippen LogP contribution is -2.24. The average molecular weight is 340 g/mol. The highest BCUT2D eigenvalue weighted by Gasteiger charge is 2.22. The van der Waals surface area contributed by atoms with Crippen LogP contribution in [0.1, 0.15) is 40.1 Å². The summed E-state index contributed by atoms with van der Waals surface area (Å²) in [6.45, 7) is 4.55. The molecule has 0 aliphatic carbocycles. The second kappa shape index (κ2) is 7.38. The van der Waals surface area contributed by atoms with Gasteiger partial charge in [0.2, 0.25) is 5.78 Å². The number of fused-ring (bicyclic) bond motifs is 1. The first-order chi connectivity index (χ1) is 12.1. The number of carbonyl (C=O) groups excluding carboxylic acids is 2. The fraction of sp³-hybridized carbons (Fsp3) is 0.300. The van der Waals surface area contributed by atoms with Crippen LogP contribution in [0.25, 0.3) is 0 Å². The van der Waals surface area contributed by atoms with Crippen molar-refractivity contribution in [3.63, 3.8) is 0 Å². The normalized spacial score (nSPS) is 13.8. The molecule has 1 atom stereocenters. The molecular weight excluding hydrogens is 320 g/mol. The van der Waals surface area contributed by atoms with Crippen molar-refractivity contribution in [3.05, 3.63) is 59.2 Å². The second-order valence-corrected chi connectivity index (χ2v) is 5.82. The maximum atomic E-state index is 12.4. The summed E-state index contributed by atoms with van der Waals surface area (Å²) in [7, 11) is 0. The molecule has 25 heavy (non-hydrogen) atoms. The van der Waals surface area contributed by atoms with Gasteiger partial charge in [0.1, 0.15) is 13.2 Å². The fourth-order valence-corrected chi connectivity index (χ4v) is 2.59. The summed E-state index contributed by atoms with van der Waals surface area (Å²) in [5.74, 6) is 0.314. The molecule has 0 radical (unpaired) electrons. The molecule has 0 aromatic heterocycles. The van der Waals surface area contributed by atoms with Crippen LogP contribution in [0.4, 0.5) is 0 Å². The molecule has 1 aliphatic heterocycles. The second-order valence-electron chi connectivity index (χ2n) is 5.82. The quantitative estimate of drug-likeness (QED) is 0.616. The molecule has 1 heterocycles. The molecular formula is C20H20O5. The third-order valence-electron chi connectivity index (χ3n) is 4.08. The number of ether oxygens (including phenoxy) is 3. The van der Waals surface area contributed by atoms with Gasteiger partial charge in [-0.3, -0.25) is 4.79 Å². The molecule has 0 spiro atoms. The Morgan fingerprint density at radius 3 is 2.32 bits per heavy atom. The van der Waals surface area contributed by atoms with Crippen molar-refractivity contribution in [2.75, 3.05) is 13.2 Å². The van der Waals surface area contributed by atoms with Crippen molar-refractivity contribution >= 4 is 11.8 Å². The van der Waals surface area contributed by atoms with Crippen molar-refractivity contribution in [1.29, 1.82) is 0 Å². The lowest BCUT2D eigenvalue weighted by molar-refractivity contribution is 0.0318. The van der Waals surface area contributed by atoms with Crippen LogP contribution < -0.4 is 9.47 Å². The Morgan fingerprint density at radius 1 is 1.00 bits per heavy atom. The van der Waals surface area contributed by atoms with E-state index in [1.165, 1.54) is 0 Å². The van der Waals surface area contributed by atoms with Gasteiger partial charge < -0.3 is 14.2 Å². The zero-order valence-corrected chi connectivity index (χ0v) is 14.3. The first kappa shape index (κ1) is 17.0. The Balaban J connectivity index is 1.68. The van der Waals surface area contributed by atoms with Gasteiger partial charge in [0.05, 0.1) is 5.56 Å². The van der Waals surface area contributed by atoms with Crippen molar-refractivity contribution in [2.24, 2.45) is 0 Å². The van der Waals surface area contributed by atoms with Crippen LogP contribution in [0.3, 0.4) is 0 Å². The van der Waals surface area contributed by atoms with Crippen molar-refractivity contribution in [1.82, 2.24) is 0 Å². The Kier molecular flexibility index (Phi) is 5.03. The molecule has 0 N–H and O–H groups in total. The van der Waals surface area contributed by atoms with Crippen LogP contribution >= 0.6 is 0 Å². The van der Waals surface area contributed by atoms with E-state index in [2.05, 4.69) is 6.92 Å². The van der Waals surface area contributed by atoms with Crippen molar-refractivity contribution in [3.8, 4) is 11.5 Å². The van der Waals surface area contributed by atoms with E-state index in [0.29, 0.717) is 35.8 Å². The number of rotatable bonds is 5. The van der Waals surface area contributed by atoms with Crippen LogP contribution in [-0.4, -0.2) is 31.1 Å². The third kappa shape index (κ3) is 3.82. The van der Waals surface area contributed by atoms with Gasteiger partial charge >= 0.3 is 5.97 Å². The molecule has 0 saturated heterocycles. The van der Waals surface area contributed by atoms with E-state index < -0.39 is 12.1 Å². The topological polar surface area (TPSA) is 61.8 Å². The van der Waals surface area contributed by atoms with Crippen LogP contribution in [0.2, 0.25) is 0 Å². The van der Waals surface area contributed by atoms with Crippen LogP contribution in [-0.2, 0) is 11.2 Å². The molecule has 0 bridgehead atoms. The van der Waals surface area contributed by atoms with Gasteiger partial charge in [-0.2, -0.15) is 0 Å². The highest BCUT2D eigenvalue weighted by molar-refractivity contribution is 6.01. The maximum absolute atomic E-state index is 12.4. The number of hydrogen-bond acceptors (Lipinski definition) is 5. The lowest BCUT2D eigenvalue weighted by Gasteiger charge is -2.19. The number of Topliss-reactive ketones (excluding diaryl/α,β-unsaturated/α-hetero) is 1. The summed E-state index contributed by atoms with van der Waals surface area (Å²) < 4.78 is 16.2. The Labute approximate surface area is 146 Å².